The number of para-hydroxylation sites is 1. The monoisotopic (exact) mass is 501 g/mol. The fraction of sp³-hybridized carbons (Fsp3) is 0.440. The molecule has 2 aliphatic rings. The molecule has 2 fully saturated rings. The minimum atomic E-state index is -4.10. The number of nitrogens with zero attached hydrogens (tertiary/aromatic N) is 1. The van der Waals surface area contributed by atoms with Crippen LogP contribution in [0.1, 0.15) is 52.8 Å². The maximum Gasteiger partial charge on any atom is 0.261 e. The maximum atomic E-state index is 13.3. The van der Waals surface area contributed by atoms with E-state index in [9.17, 15) is 18.0 Å². The van der Waals surface area contributed by atoms with Crippen molar-refractivity contribution in [1.29, 1.82) is 0 Å². The molecule has 1 heterocycles. The van der Waals surface area contributed by atoms with Gasteiger partial charge in [-0.2, -0.15) is 0 Å². The quantitative estimate of drug-likeness (QED) is 0.603. The first-order valence-corrected chi connectivity index (χ1v) is 13.3. The second-order valence-electron chi connectivity index (χ2n) is 8.73. The van der Waals surface area contributed by atoms with Crippen LogP contribution in [-0.2, 0) is 14.8 Å². The molecule has 1 aliphatic heterocycles. The Labute approximate surface area is 205 Å². The van der Waals surface area contributed by atoms with Gasteiger partial charge in [-0.05, 0) is 43.2 Å². The molecule has 2 N–H and O–H groups in total. The number of benzene rings is 2. The summed E-state index contributed by atoms with van der Waals surface area (Å²) in [5, 5.41) is 3.03. The van der Waals surface area contributed by atoms with Crippen LogP contribution in [0, 0.1) is 0 Å². The Balaban J connectivity index is 1.57. The molecule has 0 aromatic heterocycles. The van der Waals surface area contributed by atoms with Crippen LogP contribution >= 0.6 is 0 Å². The average molecular weight is 502 g/mol. The molecule has 188 valence electrons. The Bertz CT molecular complexity index is 1170. The second kappa shape index (κ2) is 11.1. The van der Waals surface area contributed by atoms with Gasteiger partial charge < -0.3 is 19.7 Å². The van der Waals surface area contributed by atoms with Gasteiger partial charge in [-0.15, -0.1) is 0 Å². The first-order valence-electron chi connectivity index (χ1n) is 11.9. The van der Waals surface area contributed by atoms with E-state index in [2.05, 4.69) is 10.0 Å². The fourth-order valence-corrected chi connectivity index (χ4v) is 5.55. The summed E-state index contributed by atoms with van der Waals surface area (Å²) in [4.78, 5) is 27.5. The number of morpholine rings is 1. The van der Waals surface area contributed by atoms with Crippen molar-refractivity contribution in [3.05, 3.63) is 53.6 Å². The fourth-order valence-electron chi connectivity index (χ4n) is 4.44. The standard InChI is InChI=1S/C25H31N3O6S/c1-33-23-12-11-19(17-21(23)25(30)28-13-15-34-16-14-28)35(31,32)27-22-10-6-5-9-20(22)24(29)26-18-7-3-2-4-8-18/h5-6,9-12,17-18,27H,2-4,7-8,13-16H2,1H3,(H,26,29). The summed E-state index contributed by atoms with van der Waals surface area (Å²) in [6.07, 6.45) is 5.15. The van der Waals surface area contributed by atoms with E-state index in [0.717, 1.165) is 25.7 Å². The molecule has 1 saturated carbocycles. The van der Waals surface area contributed by atoms with Gasteiger partial charge in [0.15, 0.2) is 0 Å². The number of nitrogens with one attached hydrogen (secondary N) is 2. The maximum absolute atomic E-state index is 13.3. The van der Waals surface area contributed by atoms with Crippen molar-refractivity contribution in [3.8, 4) is 5.75 Å². The molecular formula is C25H31N3O6S. The van der Waals surface area contributed by atoms with E-state index < -0.39 is 10.0 Å². The normalized spacial score (nSPS) is 17.0. The van der Waals surface area contributed by atoms with Gasteiger partial charge in [0.05, 0.1) is 42.0 Å². The van der Waals surface area contributed by atoms with Crippen LogP contribution in [0.5, 0.6) is 5.75 Å². The molecule has 2 aromatic rings. The number of hydrogen-bond donors (Lipinski definition) is 2. The highest BCUT2D eigenvalue weighted by molar-refractivity contribution is 7.92. The highest BCUT2D eigenvalue weighted by Gasteiger charge is 2.26. The number of methoxy groups -OCH3 is 1. The summed E-state index contributed by atoms with van der Waals surface area (Å²) in [7, 11) is -2.67. The summed E-state index contributed by atoms with van der Waals surface area (Å²) in [5.41, 5.74) is 0.582. The molecule has 0 unspecified atom stereocenters. The molecule has 0 atom stereocenters. The van der Waals surface area contributed by atoms with Crippen molar-refractivity contribution in [1.82, 2.24) is 10.2 Å². The van der Waals surface area contributed by atoms with Crippen LogP contribution in [0.4, 0.5) is 5.69 Å². The molecular weight excluding hydrogens is 470 g/mol. The molecule has 0 radical (unpaired) electrons. The van der Waals surface area contributed by atoms with E-state index in [1.807, 2.05) is 0 Å². The molecule has 0 bridgehead atoms. The van der Waals surface area contributed by atoms with E-state index in [0.29, 0.717) is 26.3 Å². The van der Waals surface area contributed by atoms with Gasteiger partial charge in [-0.3, -0.25) is 14.3 Å². The van der Waals surface area contributed by atoms with Crippen LogP contribution in [-0.4, -0.2) is 64.6 Å². The number of hydrogen-bond acceptors (Lipinski definition) is 6. The SMILES string of the molecule is COc1ccc(S(=O)(=O)Nc2ccccc2C(=O)NC2CCCCC2)cc1C(=O)N1CCOCC1. The van der Waals surface area contributed by atoms with E-state index in [-0.39, 0.29) is 45.3 Å². The van der Waals surface area contributed by atoms with Crippen molar-refractivity contribution in [2.24, 2.45) is 0 Å². The molecule has 4 rings (SSSR count). The molecule has 2 aromatic carbocycles. The van der Waals surface area contributed by atoms with E-state index >= 15 is 0 Å². The predicted octanol–water partition coefficient (Wildman–Crippen LogP) is 3.03. The summed E-state index contributed by atoms with van der Waals surface area (Å²) in [5.74, 6) is -0.352. The topological polar surface area (TPSA) is 114 Å². The van der Waals surface area contributed by atoms with Gasteiger partial charge in [-0.25, -0.2) is 8.42 Å². The van der Waals surface area contributed by atoms with Gasteiger partial charge in [0.2, 0.25) is 0 Å². The van der Waals surface area contributed by atoms with Crippen LogP contribution in [0.2, 0.25) is 0 Å². The smallest absolute Gasteiger partial charge is 0.261 e. The molecule has 0 spiro atoms. The molecule has 10 heteroatoms. The van der Waals surface area contributed by atoms with E-state index in [1.165, 1.54) is 31.7 Å². The van der Waals surface area contributed by atoms with Gasteiger partial charge >= 0.3 is 0 Å². The highest BCUT2D eigenvalue weighted by atomic mass is 32.2. The number of anilines is 1. The first-order chi connectivity index (χ1) is 16.9. The third kappa shape index (κ3) is 5.94. The van der Waals surface area contributed by atoms with E-state index in [1.54, 1.807) is 29.2 Å². The highest BCUT2D eigenvalue weighted by Crippen LogP contribution is 2.27. The average Bonchev–Trinajstić information content (AvgIpc) is 2.89. The van der Waals surface area contributed by atoms with Gasteiger partial charge in [-0.1, -0.05) is 31.4 Å². The lowest BCUT2D eigenvalue weighted by Crippen LogP contribution is -2.40. The first kappa shape index (κ1) is 25.0. The minimum absolute atomic E-state index is 0.0938. The number of ether oxygens (including phenoxy) is 2. The molecule has 1 saturated heterocycles. The lowest BCUT2D eigenvalue weighted by molar-refractivity contribution is 0.0300. The Morgan fingerprint density at radius 3 is 2.43 bits per heavy atom. The zero-order chi connectivity index (χ0) is 24.8. The Morgan fingerprint density at radius 2 is 1.71 bits per heavy atom. The summed E-state index contributed by atoms with van der Waals surface area (Å²) in [6.45, 7) is 1.68. The number of carbonyl (C=O) groups is 2. The summed E-state index contributed by atoms with van der Waals surface area (Å²) < 4.78 is 39.7. The van der Waals surface area contributed by atoms with Crippen LogP contribution in [0.15, 0.2) is 47.4 Å². The summed E-state index contributed by atoms with van der Waals surface area (Å²) in [6, 6.07) is 10.7. The number of amides is 2. The van der Waals surface area contributed by atoms with Gasteiger partial charge in [0.25, 0.3) is 21.8 Å². The summed E-state index contributed by atoms with van der Waals surface area (Å²) >= 11 is 0. The van der Waals surface area contributed by atoms with Crippen LogP contribution < -0.4 is 14.8 Å². The lowest BCUT2D eigenvalue weighted by atomic mass is 9.95. The molecule has 1 aliphatic carbocycles. The second-order valence-corrected chi connectivity index (χ2v) is 10.4. The Kier molecular flexibility index (Phi) is 7.92. The van der Waals surface area contributed by atoms with Crippen LogP contribution in [0.25, 0.3) is 0 Å². The lowest BCUT2D eigenvalue weighted by Gasteiger charge is -2.27. The van der Waals surface area contributed by atoms with Crippen molar-refractivity contribution in [3.63, 3.8) is 0 Å². The third-order valence-electron chi connectivity index (χ3n) is 6.37. The largest absolute Gasteiger partial charge is 0.496 e. The molecule has 9 nitrogen and oxygen atoms in total. The number of carbonyl (C=O) groups excluding carboxylic acids is 2. The van der Waals surface area contributed by atoms with Gasteiger partial charge in [0, 0.05) is 19.1 Å². The minimum Gasteiger partial charge on any atom is -0.496 e. The van der Waals surface area contributed by atoms with Crippen molar-refractivity contribution < 1.29 is 27.5 Å². The Morgan fingerprint density at radius 1 is 1.00 bits per heavy atom. The van der Waals surface area contributed by atoms with E-state index in [4.69, 9.17) is 9.47 Å². The molecule has 2 amide bonds. The zero-order valence-corrected chi connectivity index (χ0v) is 20.6. The third-order valence-corrected chi connectivity index (χ3v) is 7.73. The van der Waals surface area contributed by atoms with Crippen LogP contribution in [0.3, 0.4) is 0 Å². The van der Waals surface area contributed by atoms with Gasteiger partial charge in [0.1, 0.15) is 5.75 Å². The Hall–Kier alpha value is -3.11. The zero-order valence-electron chi connectivity index (χ0n) is 19.8. The number of sulfonamides is 1. The predicted molar refractivity (Wildman–Crippen MR) is 131 cm³/mol. The van der Waals surface area contributed by atoms with Crippen molar-refractivity contribution in [2.45, 2.75) is 43.0 Å². The molecule has 35 heavy (non-hydrogen) atoms. The van der Waals surface area contributed by atoms with Crippen molar-refractivity contribution >= 4 is 27.5 Å². The number of rotatable bonds is 7. The van der Waals surface area contributed by atoms with Crippen molar-refractivity contribution in [2.75, 3.05) is 38.1 Å².